The highest BCUT2D eigenvalue weighted by molar-refractivity contribution is 8.24. The van der Waals surface area contributed by atoms with E-state index in [1.165, 1.54) is 0 Å². The molecule has 0 spiro atoms. The zero-order valence-corrected chi connectivity index (χ0v) is 19.1. The number of carbonyl (C=O) groups is 1. The minimum absolute atomic E-state index is 0.202. The van der Waals surface area contributed by atoms with Crippen LogP contribution < -0.4 is 15.5 Å². The molecule has 1 fully saturated rings. The fraction of sp³-hybridized carbons (Fsp3) is 0.348. The molecule has 0 saturated heterocycles. The number of rotatable bonds is 5. The number of hydrogen-bond donors (Lipinski definition) is 5. The normalized spacial score (nSPS) is 19.3. The van der Waals surface area contributed by atoms with Gasteiger partial charge in [0, 0.05) is 25.0 Å². The van der Waals surface area contributed by atoms with Crippen LogP contribution in [0.5, 0.6) is 0 Å². The lowest BCUT2D eigenvalue weighted by Crippen LogP contribution is -2.41. The van der Waals surface area contributed by atoms with Crippen LogP contribution in [0.1, 0.15) is 24.0 Å². The molecule has 10 heteroatoms. The number of benzene rings is 2. The van der Waals surface area contributed by atoms with Gasteiger partial charge in [0.2, 0.25) is 5.95 Å². The van der Waals surface area contributed by atoms with Crippen LogP contribution in [0.3, 0.4) is 0 Å². The first-order valence-corrected chi connectivity index (χ1v) is 12.6. The Labute approximate surface area is 193 Å². The Morgan fingerprint density at radius 2 is 1.97 bits per heavy atom. The predicted octanol–water partition coefficient (Wildman–Crippen LogP) is 4.28. The zero-order valence-electron chi connectivity index (χ0n) is 18.3. The summed E-state index contributed by atoms with van der Waals surface area (Å²) < 4.78 is 21.4. The van der Waals surface area contributed by atoms with E-state index in [9.17, 15) is 13.9 Å². The summed E-state index contributed by atoms with van der Waals surface area (Å²) in [5, 5.41) is 16.0. The van der Waals surface area contributed by atoms with Crippen LogP contribution in [0, 0.1) is 6.92 Å². The van der Waals surface area contributed by atoms with Crippen molar-refractivity contribution in [1.82, 2.24) is 15.3 Å². The lowest BCUT2D eigenvalue weighted by Gasteiger charge is -2.32. The number of amides is 1. The molecule has 1 aliphatic heterocycles. The summed E-state index contributed by atoms with van der Waals surface area (Å²) in [4.78, 5) is 23.3. The third-order valence-corrected chi connectivity index (χ3v) is 8.13. The van der Waals surface area contributed by atoms with Crippen LogP contribution >= 0.6 is 10.6 Å². The Balaban J connectivity index is 1.50. The maximum Gasteiger partial charge on any atom is 0.405 e. The molecule has 3 aromatic rings. The van der Waals surface area contributed by atoms with Gasteiger partial charge in [-0.1, -0.05) is 29.8 Å². The van der Waals surface area contributed by atoms with E-state index in [1.54, 1.807) is 6.07 Å². The van der Waals surface area contributed by atoms with Crippen LogP contribution in [-0.4, -0.2) is 54.7 Å². The highest BCUT2D eigenvalue weighted by Crippen LogP contribution is 2.51. The summed E-state index contributed by atoms with van der Waals surface area (Å²) >= 11 is 0. The molecular formula is C23H27N5O4S. The second kappa shape index (κ2) is 8.05. The first kappa shape index (κ1) is 21.7. The highest BCUT2D eigenvalue weighted by atomic mass is 32.3. The SMILES string of the molecule is Cc1ccc2nc(N3CCS(O)(O)c4ccccc4C3)nc(NCC3(NC(=O)O)CC3)c2c1. The second-order valence-corrected chi connectivity index (χ2v) is 11.0. The molecule has 9 nitrogen and oxygen atoms in total. The number of anilines is 2. The van der Waals surface area contributed by atoms with Crippen LogP contribution in [0.4, 0.5) is 16.6 Å². The van der Waals surface area contributed by atoms with Crippen molar-refractivity contribution >= 4 is 39.4 Å². The first-order valence-electron chi connectivity index (χ1n) is 10.9. The van der Waals surface area contributed by atoms with Gasteiger partial charge in [0.25, 0.3) is 0 Å². The van der Waals surface area contributed by atoms with Crippen molar-refractivity contribution in [2.24, 2.45) is 0 Å². The summed E-state index contributed by atoms with van der Waals surface area (Å²) in [7, 11) is -2.89. The van der Waals surface area contributed by atoms with Gasteiger partial charge in [0.1, 0.15) is 5.82 Å². The van der Waals surface area contributed by atoms with Gasteiger partial charge in [0.15, 0.2) is 0 Å². The van der Waals surface area contributed by atoms with E-state index >= 15 is 0 Å². The second-order valence-electron chi connectivity index (χ2n) is 8.86. The average molecular weight is 470 g/mol. The Hall–Kier alpha value is -3.08. The first-order chi connectivity index (χ1) is 15.7. The van der Waals surface area contributed by atoms with Crippen molar-refractivity contribution in [3.05, 3.63) is 53.6 Å². The van der Waals surface area contributed by atoms with Crippen molar-refractivity contribution in [1.29, 1.82) is 0 Å². The summed E-state index contributed by atoms with van der Waals surface area (Å²) in [5.74, 6) is 1.34. The molecule has 5 rings (SSSR count). The van der Waals surface area contributed by atoms with Gasteiger partial charge in [-0.15, -0.1) is 0 Å². The van der Waals surface area contributed by atoms with E-state index in [4.69, 9.17) is 15.1 Å². The summed E-state index contributed by atoms with van der Waals surface area (Å²) in [6, 6.07) is 13.3. The Morgan fingerprint density at radius 3 is 2.73 bits per heavy atom. The third kappa shape index (κ3) is 4.41. The number of aromatic nitrogens is 2. The average Bonchev–Trinajstić information content (AvgIpc) is 3.55. The van der Waals surface area contributed by atoms with E-state index in [1.807, 2.05) is 48.2 Å². The molecule has 2 aliphatic rings. The van der Waals surface area contributed by atoms with Gasteiger partial charge in [-0.25, -0.2) is 9.78 Å². The standard InChI is InChI=1S/C23H27N5O4S/c1-15-6-7-18-17(12-15)20(24-14-23(8-9-23)27-22(29)30)26-21(25-18)28-10-11-33(31,32)19-5-3-2-4-16(19)13-28/h2-7,12,27,31-32H,8-11,13-14H2,1H3,(H,29,30)(H,24,25,26). The third-order valence-electron chi connectivity index (χ3n) is 6.27. The number of nitrogens with zero attached hydrogens (tertiary/aromatic N) is 3. The fourth-order valence-corrected chi connectivity index (χ4v) is 5.78. The van der Waals surface area contributed by atoms with Crippen molar-refractivity contribution < 1.29 is 19.0 Å². The molecule has 1 saturated carbocycles. The summed E-state index contributed by atoms with van der Waals surface area (Å²) in [6.07, 6.45) is 0.532. The summed E-state index contributed by atoms with van der Waals surface area (Å²) in [5.41, 5.74) is 2.23. The molecule has 2 heterocycles. The maximum absolute atomic E-state index is 11.2. The molecule has 174 valence electrons. The monoisotopic (exact) mass is 469 g/mol. The Kier molecular flexibility index (Phi) is 5.31. The van der Waals surface area contributed by atoms with E-state index in [0.29, 0.717) is 36.3 Å². The smallest absolute Gasteiger partial charge is 0.405 e. The van der Waals surface area contributed by atoms with Crippen LogP contribution in [0.25, 0.3) is 10.9 Å². The Bertz CT molecular complexity index is 1230. The lowest BCUT2D eigenvalue weighted by atomic mass is 10.1. The molecule has 2 aromatic carbocycles. The van der Waals surface area contributed by atoms with E-state index in [-0.39, 0.29) is 5.75 Å². The molecule has 1 aliphatic carbocycles. The molecule has 0 radical (unpaired) electrons. The van der Waals surface area contributed by atoms with Gasteiger partial charge in [0.05, 0.1) is 21.7 Å². The molecule has 5 N–H and O–H groups in total. The molecule has 0 unspecified atom stereocenters. The highest BCUT2D eigenvalue weighted by Gasteiger charge is 2.44. The van der Waals surface area contributed by atoms with Gasteiger partial charge in [-0.3, -0.25) is 9.11 Å². The van der Waals surface area contributed by atoms with Crippen LogP contribution in [0.15, 0.2) is 47.4 Å². The lowest BCUT2D eigenvalue weighted by molar-refractivity contribution is 0.189. The van der Waals surface area contributed by atoms with Crippen LogP contribution in [-0.2, 0) is 6.54 Å². The number of carboxylic acid groups (broad SMARTS) is 1. The van der Waals surface area contributed by atoms with Crippen molar-refractivity contribution in [3.8, 4) is 0 Å². The van der Waals surface area contributed by atoms with Crippen molar-refractivity contribution in [3.63, 3.8) is 0 Å². The van der Waals surface area contributed by atoms with Gasteiger partial charge >= 0.3 is 6.09 Å². The minimum atomic E-state index is -2.89. The number of hydrogen-bond acceptors (Lipinski definition) is 7. The maximum atomic E-state index is 11.2. The summed E-state index contributed by atoms with van der Waals surface area (Å²) in [6.45, 7) is 3.30. The van der Waals surface area contributed by atoms with E-state index in [0.717, 1.165) is 34.9 Å². The molecule has 1 amide bonds. The number of aryl methyl sites for hydroxylation is 1. The molecule has 0 atom stereocenters. The largest absolute Gasteiger partial charge is 0.465 e. The van der Waals surface area contributed by atoms with E-state index in [2.05, 4.69) is 10.6 Å². The van der Waals surface area contributed by atoms with Crippen molar-refractivity contribution in [2.45, 2.75) is 36.7 Å². The van der Waals surface area contributed by atoms with Gasteiger partial charge < -0.3 is 20.6 Å². The van der Waals surface area contributed by atoms with E-state index < -0.39 is 22.2 Å². The predicted molar refractivity (Wildman–Crippen MR) is 129 cm³/mol. The minimum Gasteiger partial charge on any atom is -0.465 e. The zero-order chi connectivity index (χ0) is 23.2. The number of nitrogens with one attached hydrogen (secondary N) is 2. The van der Waals surface area contributed by atoms with Crippen LogP contribution in [0.2, 0.25) is 0 Å². The van der Waals surface area contributed by atoms with Gasteiger partial charge in [-0.2, -0.15) is 15.6 Å². The fourth-order valence-electron chi connectivity index (χ4n) is 4.24. The van der Waals surface area contributed by atoms with Gasteiger partial charge in [-0.05, 0) is 43.5 Å². The molecular weight excluding hydrogens is 442 g/mol. The molecule has 1 aromatic heterocycles. The quantitative estimate of drug-likeness (QED) is 0.374. The number of fused-ring (bicyclic) bond motifs is 2. The Morgan fingerprint density at radius 1 is 1.18 bits per heavy atom. The topological polar surface area (TPSA) is 131 Å². The molecule has 0 bridgehead atoms. The molecule has 33 heavy (non-hydrogen) atoms. The van der Waals surface area contributed by atoms with Crippen molar-refractivity contribution in [2.75, 3.05) is 29.1 Å².